The number of halogens is 1. The lowest BCUT2D eigenvalue weighted by molar-refractivity contribution is 0.101. The van der Waals surface area contributed by atoms with E-state index in [0.717, 1.165) is 30.5 Å². The first-order valence-electron chi connectivity index (χ1n) is 7.76. The summed E-state index contributed by atoms with van der Waals surface area (Å²) in [6, 6.07) is 14.5. The summed E-state index contributed by atoms with van der Waals surface area (Å²) >= 11 is 5.90. The van der Waals surface area contributed by atoms with Crippen LogP contribution in [0.1, 0.15) is 35.9 Å². The van der Waals surface area contributed by atoms with Crippen molar-refractivity contribution >= 4 is 34.0 Å². The molecule has 0 spiro atoms. The maximum absolute atomic E-state index is 12.8. The lowest BCUT2D eigenvalue weighted by atomic mass is 10.1. The molecule has 2 aromatic carbocycles. The average molecular weight is 328 g/mol. The van der Waals surface area contributed by atoms with Crippen molar-refractivity contribution in [1.82, 2.24) is 0 Å². The molecule has 0 saturated carbocycles. The number of hydrogen-bond donors (Lipinski definition) is 1. The first-order valence-corrected chi connectivity index (χ1v) is 8.14. The summed E-state index contributed by atoms with van der Waals surface area (Å²) < 4.78 is 5.83. The monoisotopic (exact) mass is 327 g/mol. The molecular formula is C19H18ClNO2. The van der Waals surface area contributed by atoms with Crippen LogP contribution in [0.5, 0.6) is 0 Å². The van der Waals surface area contributed by atoms with Gasteiger partial charge in [-0.2, -0.15) is 0 Å². The van der Waals surface area contributed by atoms with Crippen LogP contribution >= 0.6 is 11.6 Å². The van der Waals surface area contributed by atoms with Crippen LogP contribution < -0.4 is 5.32 Å². The number of ketones is 1. The molecule has 4 heteroatoms. The SMILES string of the molecule is CCCCNc1c(C(=O)c2ccc(Cl)cc2)oc2ccccc12. The molecule has 1 heterocycles. The lowest BCUT2D eigenvalue weighted by Gasteiger charge is -2.06. The molecule has 118 valence electrons. The summed E-state index contributed by atoms with van der Waals surface area (Å²) in [6.45, 7) is 2.94. The summed E-state index contributed by atoms with van der Waals surface area (Å²) in [5, 5.41) is 4.89. The van der Waals surface area contributed by atoms with E-state index in [1.54, 1.807) is 24.3 Å². The second-order valence-electron chi connectivity index (χ2n) is 5.42. The minimum absolute atomic E-state index is 0.142. The molecule has 3 aromatic rings. The van der Waals surface area contributed by atoms with Crippen LogP contribution in [0.25, 0.3) is 11.0 Å². The molecule has 0 aliphatic carbocycles. The van der Waals surface area contributed by atoms with E-state index >= 15 is 0 Å². The Hall–Kier alpha value is -2.26. The zero-order valence-corrected chi connectivity index (χ0v) is 13.7. The lowest BCUT2D eigenvalue weighted by Crippen LogP contribution is -2.07. The van der Waals surface area contributed by atoms with Gasteiger partial charge in [-0.05, 0) is 42.8 Å². The largest absolute Gasteiger partial charge is 0.450 e. The molecule has 0 aliphatic heterocycles. The van der Waals surface area contributed by atoms with Gasteiger partial charge < -0.3 is 9.73 Å². The van der Waals surface area contributed by atoms with E-state index in [0.29, 0.717) is 21.9 Å². The number of unbranched alkanes of at least 4 members (excludes halogenated alkanes) is 1. The summed E-state index contributed by atoms with van der Waals surface area (Å²) in [6.07, 6.45) is 2.12. The summed E-state index contributed by atoms with van der Waals surface area (Å²) in [4.78, 5) is 12.8. The maximum Gasteiger partial charge on any atom is 0.230 e. The van der Waals surface area contributed by atoms with Gasteiger partial charge in [-0.25, -0.2) is 0 Å². The highest BCUT2D eigenvalue weighted by atomic mass is 35.5. The third-order valence-corrected chi connectivity index (χ3v) is 3.99. The third-order valence-electron chi connectivity index (χ3n) is 3.74. The fraction of sp³-hybridized carbons (Fsp3) is 0.211. The van der Waals surface area contributed by atoms with E-state index in [-0.39, 0.29) is 5.78 Å². The molecule has 23 heavy (non-hydrogen) atoms. The highest BCUT2D eigenvalue weighted by molar-refractivity contribution is 6.30. The minimum atomic E-state index is -0.142. The third kappa shape index (κ3) is 3.25. The number of benzene rings is 2. The van der Waals surface area contributed by atoms with Crippen LogP contribution in [0.15, 0.2) is 52.9 Å². The Labute approximate surface area is 140 Å². The van der Waals surface area contributed by atoms with Crippen LogP contribution in [0.4, 0.5) is 5.69 Å². The highest BCUT2D eigenvalue weighted by Crippen LogP contribution is 2.32. The highest BCUT2D eigenvalue weighted by Gasteiger charge is 2.21. The van der Waals surface area contributed by atoms with Crippen molar-refractivity contribution in [3.8, 4) is 0 Å². The van der Waals surface area contributed by atoms with Gasteiger partial charge in [-0.3, -0.25) is 4.79 Å². The Bertz CT molecular complexity index is 821. The average Bonchev–Trinajstić information content (AvgIpc) is 2.94. The standard InChI is InChI=1S/C19H18ClNO2/c1-2-3-12-21-17-15-6-4-5-7-16(15)23-19(17)18(22)13-8-10-14(20)11-9-13/h4-11,21H,2-3,12H2,1H3. The topological polar surface area (TPSA) is 42.2 Å². The number of para-hydroxylation sites is 1. The van der Waals surface area contributed by atoms with Crippen LogP contribution in [-0.2, 0) is 0 Å². The quantitative estimate of drug-likeness (QED) is 0.478. The van der Waals surface area contributed by atoms with E-state index in [4.69, 9.17) is 16.0 Å². The first-order chi connectivity index (χ1) is 11.2. The van der Waals surface area contributed by atoms with Gasteiger partial charge in [0.05, 0.1) is 5.69 Å². The van der Waals surface area contributed by atoms with Crippen LogP contribution in [0.3, 0.4) is 0 Å². The van der Waals surface area contributed by atoms with Gasteiger partial charge in [-0.15, -0.1) is 0 Å². The molecule has 3 rings (SSSR count). The maximum atomic E-state index is 12.8. The summed E-state index contributed by atoms with van der Waals surface area (Å²) in [7, 11) is 0. The van der Waals surface area contributed by atoms with Crippen molar-refractivity contribution in [1.29, 1.82) is 0 Å². The molecule has 0 amide bonds. The molecule has 3 nitrogen and oxygen atoms in total. The van der Waals surface area contributed by atoms with E-state index in [1.807, 2.05) is 24.3 Å². The van der Waals surface area contributed by atoms with Crippen molar-refractivity contribution in [2.45, 2.75) is 19.8 Å². The van der Waals surface area contributed by atoms with Gasteiger partial charge in [0, 0.05) is 22.5 Å². The number of nitrogens with one attached hydrogen (secondary N) is 1. The van der Waals surface area contributed by atoms with Gasteiger partial charge in [0.25, 0.3) is 0 Å². The van der Waals surface area contributed by atoms with Crippen molar-refractivity contribution < 1.29 is 9.21 Å². The molecule has 0 aliphatic rings. The Kier molecular flexibility index (Phi) is 4.68. The van der Waals surface area contributed by atoms with Crippen LogP contribution in [0, 0.1) is 0 Å². The minimum Gasteiger partial charge on any atom is -0.450 e. The van der Waals surface area contributed by atoms with Crippen LogP contribution in [0.2, 0.25) is 5.02 Å². The van der Waals surface area contributed by atoms with Crippen molar-refractivity contribution in [2.24, 2.45) is 0 Å². The number of rotatable bonds is 6. The molecule has 0 saturated heterocycles. The van der Waals surface area contributed by atoms with E-state index < -0.39 is 0 Å². The molecule has 0 radical (unpaired) electrons. The van der Waals surface area contributed by atoms with E-state index in [2.05, 4.69) is 12.2 Å². The van der Waals surface area contributed by atoms with Crippen molar-refractivity contribution in [2.75, 3.05) is 11.9 Å². The molecular weight excluding hydrogens is 310 g/mol. The second-order valence-corrected chi connectivity index (χ2v) is 5.86. The second kappa shape index (κ2) is 6.88. The molecule has 0 unspecified atom stereocenters. The zero-order chi connectivity index (χ0) is 16.2. The molecule has 0 fully saturated rings. The van der Waals surface area contributed by atoms with Gasteiger partial charge in [0.2, 0.25) is 5.78 Å². The van der Waals surface area contributed by atoms with Crippen molar-refractivity contribution in [3.63, 3.8) is 0 Å². The number of anilines is 1. The Morgan fingerprint density at radius 1 is 1.13 bits per heavy atom. The molecule has 0 bridgehead atoms. The zero-order valence-electron chi connectivity index (χ0n) is 12.9. The number of hydrogen-bond acceptors (Lipinski definition) is 3. The predicted octanol–water partition coefficient (Wildman–Crippen LogP) is 5.53. The van der Waals surface area contributed by atoms with Gasteiger partial charge in [0.1, 0.15) is 5.58 Å². The smallest absolute Gasteiger partial charge is 0.230 e. The predicted molar refractivity (Wildman–Crippen MR) is 94.5 cm³/mol. The summed E-state index contributed by atoms with van der Waals surface area (Å²) in [5.74, 6) is 0.210. The molecule has 0 atom stereocenters. The normalized spacial score (nSPS) is 10.9. The number of carbonyl (C=O) groups is 1. The fourth-order valence-corrected chi connectivity index (χ4v) is 2.63. The van der Waals surface area contributed by atoms with Gasteiger partial charge in [0.15, 0.2) is 5.76 Å². The Balaban J connectivity index is 2.02. The van der Waals surface area contributed by atoms with Gasteiger partial charge in [-0.1, -0.05) is 37.1 Å². The number of furan rings is 1. The van der Waals surface area contributed by atoms with Crippen LogP contribution in [-0.4, -0.2) is 12.3 Å². The number of carbonyl (C=O) groups excluding carboxylic acids is 1. The van der Waals surface area contributed by atoms with Crippen molar-refractivity contribution in [3.05, 3.63) is 64.9 Å². The van der Waals surface area contributed by atoms with E-state index in [1.165, 1.54) is 0 Å². The Morgan fingerprint density at radius 2 is 1.87 bits per heavy atom. The fourth-order valence-electron chi connectivity index (χ4n) is 2.50. The molecule has 1 aromatic heterocycles. The van der Waals surface area contributed by atoms with Gasteiger partial charge >= 0.3 is 0 Å². The Morgan fingerprint density at radius 3 is 2.61 bits per heavy atom. The number of fused-ring (bicyclic) bond motifs is 1. The molecule has 1 N–H and O–H groups in total. The summed E-state index contributed by atoms with van der Waals surface area (Å²) in [5.41, 5.74) is 2.05. The van der Waals surface area contributed by atoms with E-state index in [9.17, 15) is 4.79 Å². The first kappa shape index (κ1) is 15.6.